The summed E-state index contributed by atoms with van der Waals surface area (Å²) in [6, 6.07) is 7.11. The number of carbonyl (C=O) groups is 3. The number of phenolic OH excluding ortho intramolecular Hbond substituents is 2. The smallest absolute Gasteiger partial charge is 0.286 e. The molecule has 0 spiro atoms. The van der Waals surface area contributed by atoms with E-state index in [-0.39, 0.29) is 29.4 Å². The lowest BCUT2D eigenvalue weighted by Crippen LogP contribution is -2.40. The number of aliphatic imine (C=N–C) groups is 2. The molecule has 2 aromatic rings. The first-order chi connectivity index (χ1) is 18.5. The minimum Gasteiger partial charge on any atom is -0.507 e. The third-order valence-corrected chi connectivity index (χ3v) is 8.27. The first-order valence-corrected chi connectivity index (χ1v) is 14.0. The van der Waals surface area contributed by atoms with Crippen LogP contribution in [0.25, 0.3) is 12.2 Å². The van der Waals surface area contributed by atoms with Crippen LogP contribution in [-0.4, -0.2) is 54.8 Å². The van der Waals surface area contributed by atoms with Gasteiger partial charge >= 0.3 is 0 Å². The molecule has 0 saturated carbocycles. The fraction of sp³-hybridized carbons (Fsp3) is 0.160. The second kappa shape index (κ2) is 12.1. The van der Waals surface area contributed by atoms with Crippen LogP contribution >= 0.6 is 35.3 Å². The molecule has 5 rings (SSSR count). The van der Waals surface area contributed by atoms with Crippen molar-refractivity contribution in [1.82, 2.24) is 10.4 Å². The molecule has 3 amide bonds. The second-order valence-electron chi connectivity index (χ2n) is 8.17. The Bertz CT molecular complexity index is 1490. The molecule has 202 valence electrons. The number of thioether (sulfide) groups is 3. The molecule has 14 heteroatoms. The lowest BCUT2D eigenvalue weighted by atomic mass is 10.2. The van der Waals surface area contributed by atoms with E-state index in [0.29, 0.717) is 36.9 Å². The van der Waals surface area contributed by atoms with Crippen LogP contribution in [0.3, 0.4) is 0 Å². The molecule has 0 aliphatic carbocycles. The molecule has 1 unspecified atom stereocenters. The molecule has 2 aromatic carbocycles. The maximum Gasteiger partial charge on any atom is 0.286 e. The van der Waals surface area contributed by atoms with Crippen LogP contribution < -0.4 is 5.43 Å². The highest BCUT2D eigenvalue weighted by atomic mass is 32.2. The van der Waals surface area contributed by atoms with Gasteiger partial charge in [-0.1, -0.05) is 11.8 Å². The summed E-state index contributed by atoms with van der Waals surface area (Å²) in [5, 5.41) is 21.1. The van der Waals surface area contributed by atoms with E-state index in [4.69, 9.17) is 0 Å². The number of amides is 3. The van der Waals surface area contributed by atoms with Gasteiger partial charge < -0.3 is 10.2 Å². The zero-order chi connectivity index (χ0) is 28.3. The molecule has 1 atom stereocenters. The van der Waals surface area contributed by atoms with Crippen molar-refractivity contribution < 1.29 is 33.4 Å². The van der Waals surface area contributed by atoms with Crippen LogP contribution in [0.5, 0.6) is 11.5 Å². The molecular formula is C25H20F2N4O5S3. The van der Waals surface area contributed by atoms with Crippen molar-refractivity contribution in [3.05, 3.63) is 69.0 Å². The number of rotatable bonds is 2. The molecule has 3 aliphatic rings. The van der Waals surface area contributed by atoms with Crippen LogP contribution in [0.4, 0.5) is 8.78 Å². The van der Waals surface area contributed by atoms with Crippen molar-refractivity contribution in [1.29, 1.82) is 0 Å². The van der Waals surface area contributed by atoms with Gasteiger partial charge in [0.25, 0.3) is 11.8 Å². The number of hydrogen-bond acceptors (Lipinski definition) is 9. The topological polar surface area (TPSA) is 132 Å². The summed E-state index contributed by atoms with van der Waals surface area (Å²) in [5.74, 6) is -2.44. The highest BCUT2D eigenvalue weighted by molar-refractivity contribution is 8.40. The monoisotopic (exact) mass is 590 g/mol. The van der Waals surface area contributed by atoms with E-state index in [2.05, 4.69) is 15.4 Å². The van der Waals surface area contributed by atoms with Crippen molar-refractivity contribution in [2.45, 2.75) is 19.4 Å². The SMILES string of the molecule is CC1CC(=O)NN1C1=NC(=O)/C(=C/c2ccc(F)cc2O)S1.CSC1=NC(=O)/C(=C/c2ccc(F)cc2O)S1. The highest BCUT2D eigenvalue weighted by Gasteiger charge is 2.34. The first-order valence-electron chi connectivity index (χ1n) is 11.2. The molecule has 3 heterocycles. The number of nitrogens with zero attached hydrogens (tertiary/aromatic N) is 3. The normalized spacial score (nSPS) is 20.8. The van der Waals surface area contributed by atoms with E-state index in [1.165, 1.54) is 59.9 Å². The highest BCUT2D eigenvalue weighted by Crippen LogP contribution is 2.35. The minimum atomic E-state index is -0.560. The average molecular weight is 591 g/mol. The summed E-state index contributed by atoms with van der Waals surface area (Å²) in [4.78, 5) is 43.2. The van der Waals surface area contributed by atoms with Gasteiger partial charge in [0, 0.05) is 23.3 Å². The first kappa shape index (κ1) is 28.4. The van der Waals surface area contributed by atoms with Gasteiger partial charge in [-0.05, 0) is 61.4 Å². The molecule has 39 heavy (non-hydrogen) atoms. The fourth-order valence-corrected chi connectivity index (χ4v) is 5.80. The number of amidine groups is 1. The molecule has 1 saturated heterocycles. The van der Waals surface area contributed by atoms with E-state index in [1.54, 1.807) is 5.01 Å². The van der Waals surface area contributed by atoms with Gasteiger partial charge in [-0.25, -0.2) is 8.78 Å². The zero-order valence-corrected chi connectivity index (χ0v) is 22.8. The minimum absolute atomic E-state index is 0.0925. The van der Waals surface area contributed by atoms with Crippen molar-refractivity contribution in [3.8, 4) is 11.5 Å². The van der Waals surface area contributed by atoms with Crippen LogP contribution in [0.15, 0.2) is 56.2 Å². The standard InChI is InChI=1S/C14H12FN3O3S.C11H8FNO2S2/c1-7-4-12(20)17-18(7)14-16-13(21)11(22-14)5-8-2-3-9(15)6-10(8)19;1-16-11-13-10(15)9(17-11)4-6-2-3-7(12)5-8(6)14/h2-3,5-7,19H,4H2,1H3,(H,17,20);2-5,14H,1H3/b11-5-;9-4-. The van der Waals surface area contributed by atoms with Gasteiger partial charge in [-0.3, -0.25) is 24.8 Å². The molecule has 9 nitrogen and oxygen atoms in total. The average Bonchev–Trinajstić information content (AvgIpc) is 3.53. The predicted molar refractivity (Wildman–Crippen MR) is 150 cm³/mol. The zero-order valence-electron chi connectivity index (χ0n) is 20.3. The number of nitrogens with one attached hydrogen (secondary N) is 1. The fourth-order valence-electron chi connectivity index (χ4n) is 3.42. The van der Waals surface area contributed by atoms with Crippen molar-refractivity contribution in [3.63, 3.8) is 0 Å². The van der Waals surface area contributed by atoms with E-state index >= 15 is 0 Å². The number of carbonyl (C=O) groups excluding carboxylic acids is 3. The van der Waals surface area contributed by atoms with Gasteiger partial charge in [0.05, 0.1) is 22.3 Å². The Balaban J connectivity index is 0.000000187. The molecule has 1 fully saturated rings. The van der Waals surface area contributed by atoms with Gasteiger partial charge in [0.1, 0.15) is 27.5 Å². The molecule has 3 N–H and O–H groups in total. The number of hydrogen-bond donors (Lipinski definition) is 3. The number of hydrazine groups is 1. The van der Waals surface area contributed by atoms with E-state index in [0.717, 1.165) is 23.9 Å². The summed E-state index contributed by atoms with van der Waals surface area (Å²) in [5.41, 5.74) is 3.36. The molecule has 0 bridgehead atoms. The summed E-state index contributed by atoms with van der Waals surface area (Å²) >= 11 is 3.73. The third-order valence-electron chi connectivity index (χ3n) is 5.32. The van der Waals surface area contributed by atoms with Crippen molar-refractivity contribution in [2.24, 2.45) is 9.98 Å². The van der Waals surface area contributed by atoms with Crippen molar-refractivity contribution in [2.75, 3.05) is 6.26 Å². The molecule has 3 aliphatic heterocycles. The lowest BCUT2D eigenvalue weighted by Gasteiger charge is -2.20. The summed E-state index contributed by atoms with van der Waals surface area (Å²) in [6.45, 7) is 1.85. The largest absolute Gasteiger partial charge is 0.507 e. The molecule has 0 aromatic heterocycles. The number of benzene rings is 2. The van der Waals surface area contributed by atoms with Crippen LogP contribution in [-0.2, 0) is 14.4 Å². The lowest BCUT2D eigenvalue weighted by molar-refractivity contribution is -0.120. The Morgan fingerprint density at radius 3 is 1.95 bits per heavy atom. The third kappa shape index (κ3) is 6.88. The number of phenols is 2. The maximum absolute atomic E-state index is 13.0. The Labute approximate surface area is 234 Å². The van der Waals surface area contributed by atoms with Gasteiger partial charge in [-0.2, -0.15) is 9.98 Å². The van der Waals surface area contributed by atoms with Gasteiger partial charge in [0.15, 0.2) is 5.17 Å². The van der Waals surface area contributed by atoms with E-state index in [1.807, 2.05) is 13.2 Å². The number of halogens is 2. The Kier molecular flexibility index (Phi) is 8.77. The van der Waals surface area contributed by atoms with Gasteiger partial charge in [-0.15, -0.1) is 11.8 Å². The predicted octanol–water partition coefficient (Wildman–Crippen LogP) is 4.49. The summed E-state index contributed by atoms with van der Waals surface area (Å²) in [7, 11) is 0. The number of aromatic hydroxyl groups is 2. The molecule has 0 radical (unpaired) electrons. The quantitative estimate of drug-likeness (QED) is 0.433. The summed E-state index contributed by atoms with van der Waals surface area (Å²) in [6.07, 6.45) is 5.12. The second-order valence-corrected chi connectivity index (χ2v) is 11.3. The van der Waals surface area contributed by atoms with E-state index < -0.39 is 17.5 Å². The summed E-state index contributed by atoms with van der Waals surface area (Å²) < 4.78 is 26.4. The van der Waals surface area contributed by atoms with Crippen molar-refractivity contribution >= 4 is 74.7 Å². The van der Waals surface area contributed by atoms with E-state index in [9.17, 15) is 33.4 Å². The van der Waals surface area contributed by atoms with Crippen LogP contribution in [0.2, 0.25) is 0 Å². The Hall–Kier alpha value is -3.62. The molecular weight excluding hydrogens is 570 g/mol. The van der Waals surface area contributed by atoms with Crippen LogP contribution in [0, 0.1) is 11.6 Å². The van der Waals surface area contributed by atoms with Crippen LogP contribution in [0.1, 0.15) is 24.5 Å². The van der Waals surface area contributed by atoms with Gasteiger partial charge in [0.2, 0.25) is 5.91 Å². The Morgan fingerprint density at radius 2 is 1.49 bits per heavy atom. The maximum atomic E-state index is 13.0. The Morgan fingerprint density at radius 1 is 0.949 bits per heavy atom.